The molecule has 1 unspecified atom stereocenters. The molecule has 1 aliphatic carbocycles. The van der Waals surface area contributed by atoms with Crippen LogP contribution in [0.2, 0.25) is 0 Å². The van der Waals surface area contributed by atoms with Crippen LogP contribution in [0.1, 0.15) is 57.1 Å². The van der Waals surface area contributed by atoms with Crippen molar-refractivity contribution in [2.45, 2.75) is 63.8 Å². The van der Waals surface area contributed by atoms with Gasteiger partial charge in [-0.2, -0.15) is 0 Å². The lowest BCUT2D eigenvalue weighted by Crippen LogP contribution is -2.37. The Morgan fingerprint density at radius 1 is 1.16 bits per heavy atom. The molecule has 1 aliphatic heterocycles. The molecule has 3 rings (SSSR count). The van der Waals surface area contributed by atoms with Crippen molar-refractivity contribution >= 4 is 5.91 Å². The summed E-state index contributed by atoms with van der Waals surface area (Å²) in [6, 6.07) is 6.63. The second-order valence-electron chi connectivity index (χ2n) is 7.88. The molecule has 0 spiro atoms. The van der Waals surface area contributed by atoms with Gasteiger partial charge in [-0.15, -0.1) is 0 Å². The monoisotopic (exact) mass is 343 g/mol. The second kappa shape index (κ2) is 9.33. The van der Waals surface area contributed by atoms with Gasteiger partial charge in [0.25, 0.3) is 0 Å². The molecular formula is C21H33N3O. The Balaban J connectivity index is 1.47. The van der Waals surface area contributed by atoms with Gasteiger partial charge in [-0.05, 0) is 50.8 Å². The first-order valence-corrected chi connectivity index (χ1v) is 10.1. The normalized spacial score (nSPS) is 23.0. The van der Waals surface area contributed by atoms with Crippen molar-refractivity contribution in [3.8, 4) is 0 Å². The number of likely N-dealkylation sites (tertiary alicyclic amines) is 1. The van der Waals surface area contributed by atoms with Crippen LogP contribution in [0.15, 0.2) is 24.4 Å². The number of hydrogen-bond donors (Lipinski definition) is 0. The minimum absolute atomic E-state index is 0.381. The van der Waals surface area contributed by atoms with Crippen molar-refractivity contribution in [3.63, 3.8) is 0 Å². The minimum atomic E-state index is 0.381. The number of rotatable bonds is 6. The number of carbonyl (C=O) groups is 1. The van der Waals surface area contributed by atoms with E-state index < -0.39 is 0 Å². The third kappa shape index (κ3) is 5.53. The van der Waals surface area contributed by atoms with Crippen molar-refractivity contribution in [3.05, 3.63) is 30.1 Å². The first-order valence-electron chi connectivity index (χ1n) is 10.1. The lowest BCUT2D eigenvalue weighted by Gasteiger charge is -2.30. The Morgan fingerprint density at radius 2 is 2.00 bits per heavy atom. The molecule has 138 valence electrons. The number of nitrogens with zero attached hydrogens (tertiary/aromatic N) is 3. The van der Waals surface area contributed by atoms with E-state index in [4.69, 9.17) is 0 Å². The fourth-order valence-electron chi connectivity index (χ4n) is 4.36. The van der Waals surface area contributed by atoms with Crippen LogP contribution < -0.4 is 0 Å². The molecule has 1 saturated carbocycles. The average molecular weight is 344 g/mol. The number of carbonyl (C=O) groups excluding carboxylic acids is 1. The number of amides is 1. The van der Waals surface area contributed by atoms with Crippen molar-refractivity contribution in [1.82, 2.24) is 14.8 Å². The number of pyridine rings is 1. The topological polar surface area (TPSA) is 36.4 Å². The van der Waals surface area contributed by atoms with Gasteiger partial charge in [-0.25, -0.2) is 0 Å². The van der Waals surface area contributed by atoms with E-state index in [1.54, 1.807) is 0 Å². The van der Waals surface area contributed by atoms with Gasteiger partial charge in [-0.3, -0.25) is 9.78 Å². The van der Waals surface area contributed by atoms with E-state index in [-0.39, 0.29) is 0 Å². The summed E-state index contributed by atoms with van der Waals surface area (Å²) in [7, 11) is 2.20. The Hall–Kier alpha value is -1.42. The largest absolute Gasteiger partial charge is 0.342 e. The molecule has 2 fully saturated rings. The molecule has 4 nitrogen and oxygen atoms in total. The molecule has 1 atom stereocenters. The number of likely N-dealkylation sites (N-methyl/N-ethyl adjacent to an activating group) is 1. The van der Waals surface area contributed by atoms with Gasteiger partial charge in [0.2, 0.25) is 5.91 Å². The number of hydrogen-bond acceptors (Lipinski definition) is 3. The molecule has 0 N–H and O–H groups in total. The summed E-state index contributed by atoms with van der Waals surface area (Å²) >= 11 is 0. The maximum Gasteiger partial charge on any atom is 0.222 e. The Bertz CT molecular complexity index is 527. The summed E-state index contributed by atoms with van der Waals surface area (Å²) in [5.74, 6) is 1.13. The van der Waals surface area contributed by atoms with Gasteiger partial charge >= 0.3 is 0 Å². The van der Waals surface area contributed by atoms with Gasteiger partial charge in [0.05, 0.1) is 0 Å². The molecule has 25 heavy (non-hydrogen) atoms. The van der Waals surface area contributed by atoms with Crippen molar-refractivity contribution in [1.29, 1.82) is 0 Å². The minimum Gasteiger partial charge on any atom is -0.342 e. The van der Waals surface area contributed by atoms with Crippen LogP contribution in [-0.2, 0) is 11.2 Å². The van der Waals surface area contributed by atoms with Gasteiger partial charge < -0.3 is 9.80 Å². The van der Waals surface area contributed by atoms with Crippen molar-refractivity contribution in [2.24, 2.45) is 5.92 Å². The predicted octanol–water partition coefficient (Wildman–Crippen LogP) is 3.52. The van der Waals surface area contributed by atoms with E-state index in [9.17, 15) is 4.79 Å². The predicted molar refractivity (Wildman–Crippen MR) is 101 cm³/mol. The van der Waals surface area contributed by atoms with E-state index in [0.717, 1.165) is 50.5 Å². The third-order valence-electron chi connectivity index (χ3n) is 6.05. The highest BCUT2D eigenvalue weighted by Crippen LogP contribution is 2.26. The van der Waals surface area contributed by atoms with E-state index in [0.29, 0.717) is 18.4 Å². The summed E-state index contributed by atoms with van der Waals surface area (Å²) in [6.45, 7) is 2.95. The maximum absolute atomic E-state index is 12.5. The molecule has 1 amide bonds. The molecule has 0 aromatic carbocycles. The van der Waals surface area contributed by atoms with Crippen LogP contribution in [0.4, 0.5) is 0 Å². The van der Waals surface area contributed by atoms with Crippen molar-refractivity contribution in [2.75, 3.05) is 26.7 Å². The van der Waals surface area contributed by atoms with E-state index in [1.165, 1.54) is 32.1 Å². The lowest BCUT2D eigenvalue weighted by molar-refractivity contribution is -0.131. The summed E-state index contributed by atoms with van der Waals surface area (Å²) in [4.78, 5) is 21.6. The molecule has 0 bridgehead atoms. The number of aromatic nitrogens is 1. The van der Waals surface area contributed by atoms with Crippen LogP contribution in [0, 0.1) is 5.92 Å². The smallest absolute Gasteiger partial charge is 0.222 e. The molecule has 4 heteroatoms. The Labute approximate surface area is 152 Å². The molecule has 1 aromatic rings. The van der Waals surface area contributed by atoms with Crippen LogP contribution in [0.5, 0.6) is 0 Å². The molecule has 1 saturated heterocycles. The summed E-state index contributed by atoms with van der Waals surface area (Å²) in [6.07, 6.45) is 12.4. The van der Waals surface area contributed by atoms with E-state index >= 15 is 0 Å². The Kier molecular flexibility index (Phi) is 6.85. The zero-order chi connectivity index (χ0) is 17.5. The van der Waals surface area contributed by atoms with Gasteiger partial charge in [0.15, 0.2) is 0 Å². The Morgan fingerprint density at radius 3 is 2.76 bits per heavy atom. The first kappa shape index (κ1) is 18.4. The molecular weight excluding hydrogens is 310 g/mol. The van der Waals surface area contributed by atoms with Crippen molar-refractivity contribution < 1.29 is 4.79 Å². The third-order valence-corrected chi connectivity index (χ3v) is 6.05. The molecule has 2 heterocycles. The highest BCUT2D eigenvalue weighted by molar-refractivity contribution is 5.76. The van der Waals surface area contributed by atoms with E-state index in [2.05, 4.69) is 34.0 Å². The standard InChI is InChI=1S/C21H33N3O/c1-23(15-12-19-9-5-6-14-22-19)20-10-11-21(25)24(16-13-20)17-18-7-3-2-4-8-18/h5-6,9,14,18,20H,2-4,7-8,10-13,15-17H2,1H3. The SMILES string of the molecule is CN(CCc1ccccn1)C1CCC(=O)N(CC2CCCCC2)CC1. The van der Waals surface area contributed by atoms with Gasteiger partial charge in [0, 0.05) is 50.4 Å². The lowest BCUT2D eigenvalue weighted by atomic mass is 9.89. The summed E-state index contributed by atoms with van der Waals surface area (Å²) in [5, 5.41) is 0. The fraction of sp³-hybridized carbons (Fsp3) is 0.714. The molecule has 1 aromatic heterocycles. The van der Waals surface area contributed by atoms with Crippen LogP contribution in [0.3, 0.4) is 0 Å². The first-order chi connectivity index (χ1) is 12.2. The zero-order valence-corrected chi connectivity index (χ0v) is 15.7. The molecule has 0 radical (unpaired) electrons. The zero-order valence-electron chi connectivity index (χ0n) is 15.7. The van der Waals surface area contributed by atoms with Crippen LogP contribution in [-0.4, -0.2) is 53.4 Å². The molecule has 2 aliphatic rings. The summed E-state index contributed by atoms with van der Waals surface area (Å²) in [5.41, 5.74) is 1.15. The average Bonchev–Trinajstić information content (AvgIpc) is 2.84. The quantitative estimate of drug-likeness (QED) is 0.793. The highest BCUT2D eigenvalue weighted by Gasteiger charge is 2.27. The highest BCUT2D eigenvalue weighted by atomic mass is 16.2. The van der Waals surface area contributed by atoms with Gasteiger partial charge in [0.1, 0.15) is 0 Å². The second-order valence-corrected chi connectivity index (χ2v) is 7.88. The fourth-order valence-corrected chi connectivity index (χ4v) is 4.36. The van der Waals surface area contributed by atoms with Gasteiger partial charge in [-0.1, -0.05) is 25.3 Å². The van der Waals surface area contributed by atoms with Crippen LogP contribution >= 0.6 is 0 Å². The summed E-state index contributed by atoms with van der Waals surface area (Å²) < 4.78 is 0. The van der Waals surface area contributed by atoms with Crippen LogP contribution in [0.25, 0.3) is 0 Å². The maximum atomic E-state index is 12.5. The van der Waals surface area contributed by atoms with E-state index in [1.807, 2.05) is 12.3 Å².